The highest BCUT2D eigenvalue weighted by Crippen LogP contribution is 2.35. The minimum absolute atomic E-state index is 0.253. The zero-order valence-electron chi connectivity index (χ0n) is 16.8. The molecule has 0 radical (unpaired) electrons. The standard InChI is InChI=1S/C22H25N5O2S/c1-16(18-9-10-18)23-22-24-21-4-2-3-20(27(21)25-22)19-7-5-17(6-8-19)15-26-11-13-30(28,29)14-12-26/h2-8,18H,1,9-15H2,(H,23,25). The van der Waals surface area contributed by atoms with Crippen LogP contribution in [0, 0.1) is 5.92 Å². The molecule has 2 aromatic heterocycles. The number of sulfone groups is 1. The van der Waals surface area contributed by atoms with Crippen molar-refractivity contribution in [2.24, 2.45) is 5.92 Å². The van der Waals surface area contributed by atoms with E-state index in [0.717, 1.165) is 29.1 Å². The lowest BCUT2D eigenvalue weighted by Crippen LogP contribution is -2.39. The fourth-order valence-electron chi connectivity index (χ4n) is 3.80. The van der Waals surface area contributed by atoms with E-state index in [-0.39, 0.29) is 11.5 Å². The van der Waals surface area contributed by atoms with Gasteiger partial charge in [-0.15, -0.1) is 5.10 Å². The Kier molecular flexibility index (Phi) is 4.83. The van der Waals surface area contributed by atoms with Gasteiger partial charge in [0.1, 0.15) is 0 Å². The van der Waals surface area contributed by atoms with Crippen molar-refractivity contribution in [1.82, 2.24) is 19.5 Å². The molecule has 1 aliphatic carbocycles. The van der Waals surface area contributed by atoms with E-state index < -0.39 is 9.84 Å². The van der Waals surface area contributed by atoms with Crippen LogP contribution in [0.15, 0.2) is 54.7 Å². The summed E-state index contributed by atoms with van der Waals surface area (Å²) >= 11 is 0. The van der Waals surface area contributed by atoms with Gasteiger partial charge in [-0.1, -0.05) is 36.9 Å². The number of rotatable bonds is 6. The second-order valence-corrected chi connectivity index (χ2v) is 10.5. The SMILES string of the molecule is C=C(Nc1nc2cccc(-c3ccc(CN4CCS(=O)(=O)CC4)cc3)n2n1)C1CC1. The summed E-state index contributed by atoms with van der Waals surface area (Å²) < 4.78 is 25.1. The summed E-state index contributed by atoms with van der Waals surface area (Å²) in [5.74, 6) is 1.63. The molecule has 0 spiro atoms. The smallest absolute Gasteiger partial charge is 0.247 e. The first kappa shape index (κ1) is 19.3. The fourth-order valence-corrected chi connectivity index (χ4v) is 5.08. The number of benzene rings is 1. The number of fused-ring (bicyclic) bond motifs is 1. The van der Waals surface area contributed by atoms with E-state index in [2.05, 4.69) is 51.1 Å². The summed E-state index contributed by atoms with van der Waals surface area (Å²) in [4.78, 5) is 6.77. The number of pyridine rings is 1. The Morgan fingerprint density at radius 1 is 1.10 bits per heavy atom. The lowest BCUT2D eigenvalue weighted by Gasteiger charge is -2.26. The van der Waals surface area contributed by atoms with Crippen LogP contribution < -0.4 is 5.32 Å². The van der Waals surface area contributed by atoms with Gasteiger partial charge < -0.3 is 5.32 Å². The van der Waals surface area contributed by atoms with E-state index in [1.54, 1.807) is 0 Å². The van der Waals surface area contributed by atoms with Crippen LogP contribution in [0.4, 0.5) is 5.95 Å². The zero-order valence-corrected chi connectivity index (χ0v) is 17.6. The van der Waals surface area contributed by atoms with E-state index in [0.29, 0.717) is 25.0 Å². The second-order valence-electron chi connectivity index (χ2n) is 8.17. The maximum Gasteiger partial charge on any atom is 0.247 e. The summed E-state index contributed by atoms with van der Waals surface area (Å²) in [5.41, 5.74) is 4.98. The molecule has 0 bridgehead atoms. The van der Waals surface area contributed by atoms with Gasteiger partial charge in [0.25, 0.3) is 0 Å². The van der Waals surface area contributed by atoms with E-state index >= 15 is 0 Å². The molecular formula is C22H25N5O2S. The molecule has 156 valence electrons. The molecule has 1 saturated heterocycles. The van der Waals surface area contributed by atoms with Crippen LogP contribution in [0.25, 0.3) is 16.9 Å². The Labute approximate surface area is 176 Å². The summed E-state index contributed by atoms with van der Waals surface area (Å²) in [7, 11) is -2.85. The lowest BCUT2D eigenvalue weighted by atomic mass is 10.1. The topological polar surface area (TPSA) is 79.6 Å². The van der Waals surface area contributed by atoms with Crippen molar-refractivity contribution >= 4 is 21.4 Å². The number of hydrogen-bond donors (Lipinski definition) is 1. The maximum atomic E-state index is 11.6. The van der Waals surface area contributed by atoms with Crippen LogP contribution >= 0.6 is 0 Å². The number of aromatic nitrogens is 3. The highest BCUT2D eigenvalue weighted by molar-refractivity contribution is 7.91. The number of hydrogen-bond acceptors (Lipinski definition) is 6. The Balaban J connectivity index is 1.33. The van der Waals surface area contributed by atoms with Crippen molar-refractivity contribution in [2.75, 3.05) is 29.9 Å². The first-order valence-corrected chi connectivity index (χ1v) is 12.1. The molecule has 3 heterocycles. The van der Waals surface area contributed by atoms with Gasteiger partial charge in [0.15, 0.2) is 15.5 Å². The molecule has 0 unspecified atom stereocenters. The number of nitrogens with zero attached hydrogens (tertiary/aromatic N) is 4. The van der Waals surface area contributed by atoms with E-state index in [4.69, 9.17) is 0 Å². The monoisotopic (exact) mass is 423 g/mol. The number of nitrogens with one attached hydrogen (secondary N) is 1. The third kappa shape index (κ3) is 4.11. The molecule has 1 aromatic carbocycles. The summed E-state index contributed by atoms with van der Waals surface area (Å²) in [6, 6.07) is 14.3. The predicted octanol–water partition coefficient (Wildman–Crippen LogP) is 2.96. The van der Waals surface area contributed by atoms with Crippen molar-refractivity contribution < 1.29 is 8.42 Å². The third-order valence-electron chi connectivity index (χ3n) is 5.80. The number of anilines is 1. The van der Waals surface area contributed by atoms with Gasteiger partial charge in [0.05, 0.1) is 17.2 Å². The van der Waals surface area contributed by atoms with E-state index in [9.17, 15) is 8.42 Å². The Hall–Kier alpha value is -2.71. The van der Waals surface area contributed by atoms with Crippen LogP contribution in [0.5, 0.6) is 0 Å². The van der Waals surface area contributed by atoms with Gasteiger partial charge in [0.2, 0.25) is 5.95 Å². The van der Waals surface area contributed by atoms with Gasteiger partial charge in [-0.3, -0.25) is 4.90 Å². The Morgan fingerprint density at radius 2 is 1.83 bits per heavy atom. The van der Waals surface area contributed by atoms with Crippen LogP contribution in [0.3, 0.4) is 0 Å². The fraction of sp³-hybridized carbons (Fsp3) is 0.364. The minimum Gasteiger partial charge on any atom is -0.327 e. The molecule has 0 atom stereocenters. The molecule has 1 aliphatic heterocycles. The molecule has 30 heavy (non-hydrogen) atoms. The molecule has 8 heteroatoms. The van der Waals surface area contributed by atoms with E-state index in [1.807, 2.05) is 22.7 Å². The maximum absolute atomic E-state index is 11.6. The van der Waals surface area contributed by atoms with Gasteiger partial charge in [-0.2, -0.15) is 4.98 Å². The average molecular weight is 424 g/mol. The Bertz CT molecular complexity index is 1180. The second kappa shape index (κ2) is 7.52. The highest BCUT2D eigenvalue weighted by Gasteiger charge is 2.25. The van der Waals surface area contributed by atoms with Crippen molar-refractivity contribution in [1.29, 1.82) is 0 Å². The van der Waals surface area contributed by atoms with Gasteiger partial charge in [0, 0.05) is 30.9 Å². The largest absolute Gasteiger partial charge is 0.327 e. The quantitative estimate of drug-likeness (QED) is 0.657. The normalized spacial score (nSPS) is 19.1. The summed E-state index contributed by atoms with van der Waals surface area (Å²) in [5, 5.41) is 7.88. The number of allylic oxidation sites excluding steroid dienone is 1. The van der Waals surface area contributed by atoms with Gasteiger partial charge in [-0.05, 0) is 36.5 Å². The summed E-state index contributed by atoms with van der Waals surface area (Å²) in [6.45, 7) is 6.06. The highest BCUT2D eigenvalue weighted by atomic mass is 32.2. The van der Waals surface area contributed by atoms with Crippen molar-refractivity contribution in [3.63, 3.8) is 0 Å². The molecule has 2 fully saturated rings. The van der Waals surface area contributed by atoms with Gasteiger partial charge in [-0.25, -0.2) is 12.9 Å². The molecule has 3 aromatic rings. The van der Waals surface area contributed by atoms with E-state index in [1.165, 1.54) is 18.4 Å². The first-order valence-electron chi connectivity index (χ1n) is 10.3. The van der Waals surface area contributed by atoms with Crippen molar-refractivity contribution in [2.45, 2.75) is 19.4 Å². The predicted molar refractivity (Wildman–Crippen MR) is 118 cm³/mol. The lowest BCUT2D eigenvalue weighted by molar-refractivity contribution is 0.287. The molecule has 2 aliphatic rings. The van der Waals surface area contributed by atoms with Crippen molar-refractivity contribution in [3.8, 4) is 11.3 Å². The first-order chi connectivity index (χ1) is 14.5. The molecule has 0 amide bonds. The molecule has 5 rings (SSSR count). The molecule has 7 nitrogen and oxygen atoms in total. The summed E-state index contributed by atoms with van der Waals surface area (Å²) in [6.07, 6.45) is 2.37. The van der Waals surface area contributed by atoms with Crippen LogP contribution in [-0.4, -0.2) is 52.5 Å². The van der Waals surface area contributed by atoms with Crippen LogP contribution in [-0.2, 0) is 16.4 Å². The van der Waals surface area contributed by atoms with Crippen LogP contribution in [0.2, 0.25) is 0 Å². The molecule has 1 N–H and O–H groups in total. The Morgan fingerprint density at radius 3 is 2.53 bits per heavy atom. The molecular weight excluding hydrogens is 398 g/mol. The zero-order chi connectivity index (χ0) is 20.7. The molecule has 1 saturated carbocycles. The minimum atomic E-state index is -2.85. The van der Waals surface area contributed by atoms with Crippen molar-refractivity contribution in [3.05, 3.63) is 60.3 Å². The van der Waals surface area contributed by atoms with Gasteiger partial charge >= 0.3 is 0 Å². The third-order valence-corrected chi connectivity index (χ3v) is 7.40. The van der Waals surface area contributed by atoms with Crippen LogP contribution in [0.1, 0.15) is 18.4 Å². The average Bonchev–Trinajstić information content (AvgIpc) is 3.50.